The zero-order valence-electron chi connectivity index (χ0n) is 21.9. The number of alkyl halides is 1. The predicted molar refractivity (Wildman–Crippen MR) is 150 cm³/mol. The van der Waals surface area contributed by atoms with Crippen LogP contribution in [-0.2, 0) is 11.3 Å². The van der Waals surface area contributed by atoms with Crippen molar-refractivity contribution in [1.29, 1.82) is 0 Å². The molecule has 0 aliphatic heterocycles. The highest BCUT2D eigenvalue weighted by atomic mass is 35.5. The van der Waals surface area contributed by atoms with Crippen molar-refractivity contribution in [3.05, 3.63) is 113 Å². The normalized spacial score (nSPS) is 12.0. The number of benzene rings is 3. The number of ether oxygens (including phenoxy) is 1. The molecule has 3 aromatic carbocycles. The van der Waals surface area contributed by atoms with Crippen LogP contribution in [0.4, 0.5) is 10.5 Å². The third-order valence-electron chi connectivity index (χ3n) is 5.58. The fourth-order valence-corrected chi connectivity index (χ4v) is 4.21. The quantitative estimate of drug-likeness (QED) is 0.258. The van der Waals surface area contributed by atoms with E-state index in [0.29, 0.717) is 22.8 Å². The maximum atomic E-state index is 13.3. The molecule has 0 aliphatic rings. The first-order valence-corrected chi connectivity index (χ1v) is 12.8. The van der Waals surface area contributed by atoms with Gasteiger partial charge in [0, 0.05) is 12.2 Å². The van der Waals surface area contributed by atoms with E-state index in [2.05, 4.69) is 15.7 Å². The zero-order chi connectivity index (χ0) is 27.3. The maximum Gasteiger partial charge on any atom is 0.407 e. The van der Waals surface area contributed by atoms with Crippen molar-refractivity contribution in [2.24, 2.45) is 0 Å². The highest BCUT2D eigenvalue weighted by molar-refractivity contribution is 6.22. The molecule has 0 fully saturated rings. The maximum absolute atomic E-state index is 13.3. The summed E-state index contributed by atoms with van der Waals surface area (Å²) in [6, 6.07) is 26.5. The molecule has 196 valence electrons. The van der Waals surface area contributed by atoms with Gasteiger partial charge in [-0.25, -0.2) is 9.48 Å². The molecule has 0 radical (unpaired) electrons. The standard InChI is InChI=1S/C30H31ClN4O3/c1-20-16-26(28(36)33-24-14-9-13-23(18-24)27(31)22-11-6-5-7-12-22)35(34-20)25-15-8-10-21(17-25)19-32-29(37)38-30(2,3)4/h5-18,27H,19H2,1-4H3,(H,32,37)(H,33,36). The van der Waals surface area contributed by atoms with Gasteiger partial charge in [-0.05, 0) is 74.7 Å². The molecule has 8 heteroatoms. The van der Waals surface area contributed by atoms with Gasteiger partial charge in [-0.15, -0.1) is 11.6 Å². The van der Waals surface area contributed by atoms with Crippen LogP contribution in [0.25, 0.3) is 5.69 Å². The molecule has 2 N–H and O–H groups in total. The summed E-state index contributed by atoms with van der Waals surface area (Å²) in [6.07, 6.45) is -0.494. The van der Waals surface area contributed by atoms with Crippen molar-refractivity contribution in [2.75, 3.05) is 5.32 Å². The van der Waals surface area contributed by atoms with Crippen molar-refractivity contribution in [3.8, 4) is 5.69 Å². The van der Waals surface area contributed by atoms with Crippen molar-refractivity contribution < 1.29 is 14.3 Å². The molecule has 0 bridgehead atoms. The van der Waals surface area contributed by atoms with E-state index in [0.717, 1.165) is 16.7 Å². The smallest absolute Gasteiger partial charge is 0.407 e. The van der Waals surface area contributed by atoms with E-state index in [9.17, 15) is 9.59 Å². The summed E-state index contributed by atoms with van der Waals surface area (Å²) in [5.74, 6) is -0.300. The fourth-order valence-electron chi connectivity index (χ4n) is 3.93. The number of aromatic nitrogens is 2. The number of carbonyl (C=O) groups is 2. The van der Waals surface area contributed by atoms with Crippen LogP contribution in [0.2, 0.25) is 0 Å². The number of aryl methyl sites for hydroxylation is 1. The molecule has 0 saturated carbocycles. The minimum Gasteiger partial charge on any atom is -0.444 e. The summed E-state index contributed by atoms with van der Waals surface area (Å²) in [7, 11) is 0. The summed E-state index contributed by atoms with van der Waals surface area (Å²) >= 11 is 6.70. The van der Waals surface area contributed by atoms with Crippen LogP contribution in [0.5, 0.6) is 0 Å². The molecule has 1 heterocycles. The summed E-state index contributed by atoms with van der Waals surface area (Å²) in [6.45, 7) is 7.55. The number of anilines is 1. The number of halogens is 1. The molecule has 38 heavy (non-hydrogen) atoms. The Balaban J connectivity index is 1.51. The van der Waals surface area contributed by atoms with Gasteiger partial charge in [0.2, 0.25) is 0 Å². The Hall–Kier alpha value is -4.10. The Labute approximate surface area is 227 Å². The van der Waals surface area contributed by atoms with Gasteiger partial charge in [-0.2, -0.15) is 5.10 Å². The first-order valence-electron chi connectivity index (χ1n) is 12.3. The summed E-state index contributed by atoms with van der Waals surface area (Å²) in [5.41, 5.74) is 4.54. The van der Waals surface area contributed by atoms with E-state index in [4.69, 9.17) is 16.3 Å². The van der Waals surface area contributed by atoms with E-state index in [1.165, 1.54) is 0 Å². The van der Waals surface area contributed by atoms with E-state index >= 15 is 0 Å². The number of amides is 2. The van der Waals surface area contributed by atoms with Gasteiger partial charge in [0.15, 0.2) is 0 Å². The lowest BCUT2D eigenvalue weighted by atomic mass is 10.0. The molecular weight excluding hydrogens is 500 g/mol. The van der Waals surface area contributed by atoms with Gasteiger partial charge in [0.25, 0.3) is 5.91 Å². The van der Waals surface area contributed by atoms with Crippen molar-refractivity contribution in [3.63, 3.8) is 0 Å². The van der Waals surface area contributed by atoms with E-state index in [1.807, 2.05) is 107 Å². The Bertz CT molecular complexity index is 1430. The first-order chi connectivity index (χ1) is 18.1. The Morgan fingerprint density at radius 3 is 2.39 bits per heavy atom. The van der Waals surface area contributed by atoms with E-state index < -0.39 is 11.7 Å². The first kappa shape index (κ1) is 26.9. The van der Waals surface area contributed by atoms with Gasteiger partial charge in [-0.3, -0.25) is 4.79 Å². The van der Waals surface area contributed by atoms with Gasteiger partial charge in [0.1, 0.15) is 11.3 Å². The minimum absolute atomic E-state index is 0.276. The molecule has 2 amide bonds. The lowest BCUT2D eigenvalue weighted by molar-refractivity contribution is 0.0523. The summed E-state index contributed by atoms with van der Waals surface area (Å²) in [4.78, 5) is 25.4. The SMILES string of the molecule is Cc1cc(C(=O)Nc2cccc(C(Cl)c3ccccc3)c2)n(-c2cccc(CNC(=O)OC(C)(C)C)c2)n1. The average molecular weight is 531 g/mol. The van der Waals surface area contributed by atoms with E-state index in [1.54, 1.807) is 10.7 Å². The van der Waals surface area contributed by atoms with Crippen LogP contribution in [0.15, 0.2) is 84.9 Å². The largest absolute Gasteiger partial charge is 0.444 e. The number of nitrogens with zero attached hydrogens (tertiary/aromatic N) is 2. The Morgan fingerprint density at radius 1 is 0.947 bits per heavy atom. The number of hydrogen-bond acceptors (Lipinski definition) is 4. The second kappa shape index (κ2) is 11.5. The lowest BCUT2D eigenvalue weighted by Gasteiger charge is -2.19. The predicted octanol–water partition coefficient (Wildman–Crippen LogP) is 6.79. The molecule has 0 aliphatic carbocycles. The number of rotatable bonds is 7. The number of alkyl carbamates (subject to hydrolysis) is 1. The summed E-state index contributed by atoms with van der Waals surface area (Å²) < 4.78 is 6.90. The van der Waals surface area contributed by atoms with E-state index in [-0.39, 0.29) is 17.8 Å². The van der Waals surface area contributed by atoms with Crippen LogP contribution in [0, 0.1) is 6.92 Å². The van der Waals surface area contributed by atoms with Crippen molar-refractivity contribution in [1.82, 2.24) is 15.1 Å². The molecule has 1 aromatic heterocycles. The Morgan fingerprint density at radius 2 is 1.66 bits per heavy atom. The van der Waals surface area contributed by atoms with Gasteiger partial charge < -0.3 is 15.4 Å². The van der Waals surface area contributed by atoms with Crippen LogP contribution in [-0.4, -0.2) is 27.4 Å². The molecular formula is C30H31ClN4O3. The summed E-state index contributed by atoms with van der Waals surface area (Å²) in [5, 5.41) is 9.93. The average Bonchev–Trinajstić information content (AvgIpc) is 3.29. The topological polar surface area (TPSA) is 85.2 Å². The van der Waals surface area contributed by atoms with Crippen LogP contribution < -0.4 is 10.6 Å². The zero-order valence-corrected chi connectivity index (χ0v) is 22.6. The van der Waals surface area contributed by atoms with Crippen LogP contribution in [0.3, 0.4) is 0 Å². The van der Waals surface area contributed by atoms with Gasteiger partial charge in [0.05, 0.1) is 16.8 Å². The van der Waals surface area contributed by atoms with Crippen LogP contribution >= 0.6 is 11.6 Å². The minimum atomic E-state index is -0.577. The van der Waals surface area contributed by atoms with Gasteiger partial charge >= 0.3 is 6.09 Å². The lowest BCUT2D eigenvalue weighted by Crippen LogP contribution is -2.32. The van der Waals surface area contributed by atoms with Crippen molar-refractivity contribution in [2.45, 2.75) is 45.2 Å². The monoisotopic (exact) mass is 530 g/mol. The fraction of sp³-hybridized carbons (Fsp3) is 0.233. The van der Waals surface area contributed by atoms with Crippen molar-refractivity contribution >= 4 is 29.3 Å². The number of nitrogens with one attached hydrogen (secondary N) is 2. The highest BCUT2D eigenvalue weighted by Crippen LogP contribution is 2.30. The number of carbonyl (C=O) groups excluding carboxylic acids is 2. The molecule has 4 aromatic rings. The third-order valence-corrected chi connectivity index (χ3v) is 6.09. The molecule has 1 atom stereocenters. The number of hydrogen-bond donors (Lipinski definition) is 2. The molecule has 4 rings (SSSR count). The highest BCUT2D eigenvalue weighted by Gasteiger charge is 2.18. The third kappa shape index (κ3) is 7.01. The second-order valence-corrected chi connectivity index (χ2v) is 10.4. The van der Waals surface area contributed by atoms with Crippen LogP contribution in [0.1, 0.15) is 59.0 Å². The molecule has 0 saturated heterocycles. The van der Waals surface area contributed by atoms with Gasteiger partial charge in [-0.1, -0.05) is 54.6 Å². The molecule has 7 nitrogen and oxygen atoms in total. The second-order valence-electron chi connectivity index (χ2n) is 9.96. The molecule has 0 spiro atoms. The molecule has 1 unspecified atom stereocenters. The Kier molecular flexibility index (Phi) is 8.17.